The van der Waals surface area contributed by atoms with Crippen molar-refractivity contribution in [1.29, 1.82) is 0 Å². The number of aliphatic carboxylic acids is 1. The number of halogens is 1. The van der Waals surface area contributed by atoms with Gasteiger partial charge in [-0.2, -0.15) is 0 Å². The number of benzene rings is 1. The number of hydrogen-bond acceptors (Lipinski definition) is 1. The first-order chi connectivity index (χ1) is 6.02. The van der Waals surface area contributed by atoms with Crippen LogP contribution in [0, 0.1) is 6.92 Å². The highest BCUT2D eigenvalue weighted by Crippen LogP contribution is 2.21. The lowest BCUT2D eigenvalue weighted by molar-refractivity contribution is -0.138. The average molecular weight is 199 g/mol. The number of carboxylic acid groups (broad SMARTS) is 1. The molecule has 0 saturated carbocycles. The summed E-state index contributed by atoms with van der Waals surface area (Å²) in [5.74, 6) is -1.29. The first-order valence-corrected chi connectivity index (χ1v) is 4.39. The van der Waals surface area contributed by atoms with Crippen molar-refractivity contribution in [3.8, 4) is 0 Å². The molecule has 70 valence electrons. The fraction of sp³-hybridized carbons (Fsp3) is 0.300. The van der Waals surface area contributed by atoms with E-state index in [0.717, 1.165) is 11.1 Å². The van der Waals surface area contributed by atoms with Gasteiger partial charge >= 0.3 is 5.97 Å². The molecule has 1 aromatic carbocycles. The zero-order chi connectivity index (χ0) is 10.0. The highest BCUT2D eigenvalue weighted by Gasteiger charge is 2.13. The summed E-state index contributed by atoms with van der Waals surface area (Å²) in [5, 5.41) is 9.43. The Morgan fingerprint density at radius 3 is 2.62 bits per heavy atom. The third kappa shape index (κ3) is 2.22. The van der Waals surface area contributed by atoms with E-state index < -0.39 is 11.9 Å². The van der Waals surface area contributed by atoms with Gasteiger partial charge in [-0.15, -0.1) is 0 Å². The predicted molar refractivity (Wildman–Crippen MR) is 52.2 cm³/mol. The van der Waals surface area contributed by atoms with E-state index in [2.05, 4.69) is 0 Å². The van der Waals surface area contributed by atoms with Gasteiger partial charge in [-0.25, -0.2) is 0 Å². The molecule has 2 nitrogen and oxygen atoms in total. The second-order valence-corrected chi connectivity index (χ2v) is 3.48. The summed E-state index contributed by atoms with van der Waals surface area (Å²) in [4.78, 5) is 10.7. The lowest BCUT2D eigenvalue weighted by Crippen LogP contribution is -2.07. The molecule has 1 atom stereocenters. The number of rotatable bonds is 2. The first kappa shape index (κ1) is 10.1. The van der Waals surface area contributed by atoms with E-state index >= 15 is 0 Å². The Hall–Kier alpha value is -1.02. The van der Waals surface area contributed by atoms with Gasteiger partial charge in [0.05, 0.1) is 5.92 Å². The van der Waals surface area contributed by atoms with Gasteiger partial charge in [0, 0.05) is 5.02 Å². The summed E-state index contributed by atoms with van der Waals surface area (Å²) >= 11 is 5.82. The molecule has 0 heterocycles. The van der Waals surface area contributed by atoms with Crippen LogP contribution in [0.15, 0.2) is 18.2 Å². The maximum absolute atomic E-state index is 10.7. The van der Waals surface area contributed by atoms with Crippen LogP contribution in [0.3, 0.4) is 0 Å². The minimum absolute atomic E-state index is 0.476. The van der Waals surface area contributed by atoms with Gasteiger partial charge in [0.25, 0.3) is 0 Å². The van der Waals surface area contributed by atoms with Gasteiger partial charge in [-0.05, 0) is 31.0 Å². The molecule has 1 aromatic rings. The van der Waals surface area contributed by atoms with Gasteiger partial charge in [-0.1, -0.05) is 23.7 Å². The van der Waals surface area contributed by atoms with E-state index in [-0.39, 0.29) is 0 Å². The number of aryl methyl sites for hydroxylation is 1. The van der Waals surface area contributed by atoms with Crippen molar-refractivity contribution in [1.82, 2.24) is 0 Å². The van der Waals surface area contributed by atoms with E-state index in [1.165, 1.54) is 0 Å². The maximum Gasteiger partial charge on any atom is 0.310 e. The molecule has 0 aliphatic rings. The monoisotopic (exact) mass is 198 g/mol. The molecule has 0 saturated heterocycles. The third-order valence-corrected chi connectivity index (χ3v) is 2.48. The van der Waals surface area contributed by atoms with Crippen molar-refractivity contribution < 1.29 is 9.90 Å². The molecule has 0 aliphatic heterocycles. The summed E-state index contributed by atoms with van der Waals surface area (Å²) in [6.07, 6.45) is 0. The van der Waals surface area contributed by atoms with Crippen LogP contribution in [-0.2, 0) is 4.79 Å². The van der Waals surface area contributed by atoms with E-state index in [0.29, 0.717) is 5.02 Å². The van der Waals surface area contributed by atoms with Crippen LogP contribution < -0.4 is 0 Å². The van der Waals surface area contributed by atoms with Crippen molar-refractivity contribution in [2.75, 3.05) is 0 Å². The number of carboxylic acids is 1. The van der Waals surface area contributed by atoms with E-state index in [1.807, 2.05) is 6.92 Å². The molecule has 1 unspecified atom stereocenters. The van der Waals surface area contributed by atoms with Gasteiger partial charge in [0.1, 0.15) is 0 Å². The topological polar surface area (TPSA) is 37.3 Å². The van der Waals surface area contributed by atoms with Crippen LogP contribution >= 0.6 is 11.6 Å². The summed E-state index contributed by atoms with van der Waals surface area (Å²) in [6, 6.07) is 5.28. The van der Waals surface area contributed by atoms with Crippen molar-refractivity contribution in [3.63, 3.8) is 0 Å². The van der Waals surface area contributed by atoms with Crippen molar-refractivity contribution in [2.45, 2.75) is 19.8 Å². The molecule has 0 bridgehead atoms. The van der Waals surface area contributed by atoms with E-state index in [4.69, 9.17) is 16.7 Å². The SMILES string of the molecule is Cc1cc(C(C)C(=O)O)ccc1Cl. The summed E-state index contributed by atoms with van der Waals surface area (Å²) < 4.78 is 0. The molecule has 0 spiro atoms. The Labute approximate surface area is 82.2 Å². The fourth-order valence-corrected chi connectivity index (χ4v) is 1.20. The Bertz CT molecular complexity index is 334. The van der Waals surface area contributed by atoms with Crippen LogP contribution in [0.2, 0.25) is 5.02 Å². The Kier molecular flexibility index (Phi) is 2.94. The molecular formula is C10H11ClO2. The van der Waals surface area contributed by atoms with Crippen molar-refractivity contribution in [3.05, 3.63) is 34.3 Å². The van der Waals surface area contributed by atoms with Crippen LogP contribution in [0.5, 0.6) is 0 Å². The highest BCUT2D eigenvalue weighted by atomic mass is 35.5. The highest BCUT2D eigenvalue weighted by molar-refractivity contribution is 6.31. The Morgan fingerprint density at radius 1 is 1.54 bits per heavy atom. The van der Waals surface area contributed by atoms with Gasteiger partial charge in [0.15, 0.2) is 0 Å². The van der Waals surface area contributed by atoms with Gasteiger partial charge < -0.3 is 5.11 Å². The molecule has 0 aliphatic carbocycles. The minimum Gasteiger partial charge on any atom is -0.481 e. The minimum atomic E-state index is -0.818. The smallest absolute Gasteiger partial charge is 0.310 e. The standard InChI is InChI=1S/C10H11ClO2/c1-6-5-8(3-4-9(6)11)7(2)10(12)13/h3-5,7H,1-2H3,(H,12,13). The van der Waals surface area contributed by atoms with Crippen LogP contribution in [-0.4, -0.2) is 11.1 Å². The normalized spacial score (nSPS) is 12.5. The molecular weight excluding hydrogens is 188 g/mol. The summed E-state index contributed by atoms with van der Waals surface area (Å²) in [7, 11) is 0. The van der Waals surface area contributed by atoms with Gasteiger partial charge in [0.2, 0.25) is 0 Å². The number of carbonyl (C=O) groups is 1. The first-order valence-electron chi connectivity index (χ1n) is 4.01. The third-order valence-electron chi connectivity index (χ3n) is 2.05. The Morgan fingerprint density at radius 2 is 2.15 bits per heavy atom. The summed E-state index contributed by atoms with van der Waals surface area (Å²) in [6.45, 7) is 3.52. The molecule has 0 fully saturated rings. The van der Waals surface area contributed by atoms with Crippen LogP contribution in [0.25, 0.3) is 0 Å². The molecule has 1 rings (SSSR count). The lowest BCUT2D eigenvalue weighted by Gasteiger charge is -2.07. The second kappa shape index (κ2) is 3.79. The van der Waals surface area contributed by atoms with E-state index in [9.17, 15) is 4.79 Å². The van der Waals surface area contributed by atoms with Crippen molar-refractivity contribution >= 4 is 17.6 Å². The lowest BCUT2D eigenvalue weighted by atomic mass is 10.00. The quantitative estimate of drug-likeness (QED) is 0.794. The van der Waals surface area contributed by atoms with Gasteiger partial charge in [-0.3, -0.25) is 4.79 Å². The maximum atomic E-state index is 10.7. The zero-order valence-corrected chi connectivity index (χ0v) is 8.30. The molecule has 0 amide bonds. The van der Waals surface area contributed by atoms with Crippen molar-refractivity contribution in [2.24, 2.45) is 0 Å². The van der Waals surface area contributed by atoms with E-state index in [1.54, 1.807) is 25.1 Å². The second-order valence-electron chi connectivity index (χ2n) is 3.07. The molecule has 1 N–H and O–H groups in total. The number of hydrogen-bond donors (Lipinski definition) is 1. The molecule has 0 radical (unpaired) electrons. The van der Waals surface area contributed by atoms with Crippen LogP contribution in [0.4, 0.5) is 0 Å². The summed E-state index contributed by atoms with van der Waals surface area (Å²) in [5.41, 5.74) is 1.70. The Balaban J connectivity index is 3.03. The molecule has 3 heteroatoms. The predicted octanol–water partition coefficient (Wildman–Crippen LogP) is 2.84. The molecule has 13 heavy (non-hydrogen) atoms. The largest absolute Gasteiger partial charge is 0.481 e. The fourth-order valence-electron chi connectivity index (χ4n) is 1.08. The zero-order valence-electron chi connectivity index (χ0n) is 7.54. The molecule has 0 aromatic heterocycles. The average Bonchev–Trinajstić information content (AvgIpc) is 2.08. The van der Waals surface area contributed by atoms with Crippen LogP contribution in [0.1, 0.15) is 24.0 Å².